The summed E-state index contributed by atoms with van der Waals surface area (Å²) in [6.45, 7) is 3.92. The van der Waals surface area contributed by atoms with Gasteiger partial charge >= 0.3 is 0 Å². The molecular weight excluding hydrogens is 358 g/mol. The second-order valence-corrected chi connectivity index (χ2v) is 8.35. The lowest BCUT2D eigenvalue weighted by Crippen LogP contribution is -2.44. The number of aryl methyl sites for hydroxylation is 2. The quantitative estimate of drug-likeness (QED) is 0.765. The minimum Gasteiger partial charge on any atom is -0.470 e. The molecule has 2 aromatic rings. The third-order valence-electron chi connectivity index (χ3n) is 4.26. The second kappa shape index (κ2) is 7.20. The molecule has 0 amide bonds. The molecular formula is C16H23N5O4S. The normalized spacial score (nSPS) is 18.7. The van der Waals surface area contributed by atoms with Gasteiger partial charge in [0.2, 0.25) is 10.0 Å². The Hall–Kier alpha value is -2.20. The zero-order valence-electron chi connectivity index (χ0n) is 15.3. The molecule has 10 heteroatoms. The van der Waals surface area contributed by atoms with E-state index in [4.69, 9.17) is 9.26 Å². The molecule has 1 atom stereocenters. The number of sulfonamides is 1. The molecule has 26 heavy (non-hydrogen) atoms. The van der Waals surface area contributed by atoms with Gasteiger partial charge in [0.1, 0.15) is 16.7 Å². The van der Waals surface area contributed by atoms with Crippen LogP contribution in [0.1, 0.15) is 24.3 Å². The minimum atomic E-state index is -3.68. The largest absolute Gasteiger partial charge is 0.470 e. The average Bonchev–Trinajstić information content (AvgIpc) is 2.94. The van der Waals surface area contributed by atoms with Crippen LogP contribution in [0.4, 0.5) is 5.82 Å². The maximum absolute atomic E-state index is 13.0. The van der Waals surface area contributed by atoms with Gasteiger partial charge in [-0.15, -0.1) is 0 Å². The number of anilines is 1. The topological polar surface area (TPSA) is 102 Å². The number of hydrogen-bond acceptors (Lipinski definition) is 8. The summed E-state index contributed by atoms with van der Waals surface area (Å²) in [5.74, 6) is 1.31. The molecule has 1 fully saturated rings. The van der Waals surface area contributed by atoms with E-state index in [2.05, 4.69) is 15.1 Å². The van der Waals surface area contributed by atoms with Crippen molar-refractivity contribution < 1.29 is 17.7 Å². The Balaban J connectivity index is 1.80. The van der Waals surface area contributed by atoms with Crippen molar-refractivity contribution in [3.05, 3.63) is 23.8 Å². The van der Waals surface area contributed by atoms with Gasteiger partial charge < -0.3 is 14.2 Å². The fourth-order valence-electron chi connectivity index (χ4n) is 3.06. The Morgan fingerprint density at radius 1 is 1.27 bits per heavy atom. The van der Waals surface area contributed by atoms with Crippen LogP contribution < -0.4 is 9.64 Å². The average molecular weight is 381 g/mol. The number of aromatic nitrogens is 3. The van der Waals surface area contributed by atoms with Crippen molar-refractivity contribution in [1.29, 1.82) is 0 Å². The molecule has 0 aromatic carbocycles. The molecule has 0 bridgehead atoms. The van der Waals surface area contributed by atoms with Crippen molar-refractivity contribution in [2.75, 3.05) is 32.1 Å². The van der Waals surface area contributed by atoms with Crippen LogP contribution in [-0.2, 0) is 10.0 Å². The van der Waals surface area contributed by atoms with Gasteiger partial charge in [-0.05, 0) is 26.7 Å². The van der Waals surface area contributed by atoms with Crippen molar-refractivity contribution in [2.24, 2.45) is 0 Å². The highest BCUT2D eigenvalue weighted by molar-refractivity contribution is 7.89. The summed E-state index contributed by atoms with van der Waals surface area (Å²) >= 11 is 0. The first kappa shape index (κ1) is 18.6. The number of ether oxygens (including phenoxy) is 1. The first-order valence-corrected chi connectivity index (χ1v) is 9.82. The summed E-state index contributed by atoms with van der Waals surface area (Å²) in [5, 5.41) is 3.76. The zero-order chi connectivity index (χ0) is 18.9. The summed E-state index contributed by atoms with van der Waals surface area (Å²) in [6.07, 6.45) is 4.30. The highest BCUT2D eigenvalue weighted by Crippen LogP contribution is 2.28. The molecule has 142 valence electrons. The standard InChI is InChI=1S/C16H23N5O4S/c1-11-14(12(2)25-19-11)26(22,23)21-9-5-6-13(10-21)24-16-15(20(3)4)17-7-8-18-16/h7-8,13H,5-6,9-10H2,1-4H3/t13-/m1/s1. The van der Waals surface area contributed by atoms with Crippen molar-refractivity contribution in [3.8, 4) is 5.88 Å². The highest BCUT2D eigenvalue weighted by Gasteiger charge is 2.35. The van der Waals surface area contributed by atoms with Crippen molar-refractivity contribution in [3.63, 3.8) is 0 Å². The first-order valence-electron chi connectivity index (χ1n) is 8.38. The molecule has 0 radical (unpaired) electrons. The maximum atomic E-state index is 13.0. The smallest absolute Gasteiger partial charge is 0.257 e. The predicted molar refractivity (Wildman–Crippen MR) is 94.7 cm³/mol. The molecule has 2 aromatic heterocycles. The van der Waals surface area contributed by atoms with Gasteiger partial charge in [-0.2, -0.15) is 4.31 Å². The Labute approximate surface area is 153 Å². The van der Waals surface area contributed by atoms with E-state index >= 15 is 0 Å². The summed E-state index contributed by atoms with van der Waals surface area (Å²) in [5.41, 5.74) is 0.370. The predicted octanol–water partition coefficient (Wildman–Crippen LogP) is 1.38. The fraction of sp³-hybridized carbons (Fsp3) is 0.562. The van der Waals surface area contributed by atoms with Crippen LogP contribution in [0, 0.1) is 13.8 Å². The monoisotopic (exact) mass is 381 g/mol. The summed E-state index contributed by atoms with van der Waals surface area (Å²) in [4.78, 5) is 10.5. The third kappa shape index (κ3) is 3.51. The van der Waals surface area contributed by atoms with E-state index in [1.807, 2.05) is 19.0 Å². The Bertz CT molecular complexity index is 861. The number of rotatable bonds is 5. The summed E-state index contributed by atoms with van der Waals surface area (Å²) in [6, 6.07) is 0. The van der Waals surface area contributed by atoms with Crippen molar-refractivity contribution in [2.45, 2.75) is 37.7 Å². The Morgan fingerprint density at radius 3 is 2.65 bits per heavy atom. The van der Waals surface area contributed by atoms with E-state index < -0.39 is 10.0 Å². The van der Waals surface area contributed by atoms with Crippen LogP contribution in [-0.4, -0.2) is 61.1 Å². The van der Waals surface area contributed by atoms with Gasteiger partial charge in [0, 0.05) is 33.0 Å². The molecule has 1 aliphatic rings. The number of piperidine rings is 1. The summed E-state index contributed by atoms with van der Waals surface area (Å²) < 4.78 is 38.4. The Kier molecular flexibility index (Phi) is 5.15. The summed E-state index contributed by atoms with van der Waals surface area (Å²) in [7, 11) is 0.0252. The van der Waals surface area contributed by atoms with Crippen molar-refractivity contribution >= 4 is 15.8 Å². The van der Waals surface area contributed by atoms with E-state index in [0.29, 0.717) is 36.1 Å². The van der Waals surface area contributed by atoms with Crippen LogP contribution in [0.15, 0.2) is 21.8 Å². The Morgan fingerprint density at radius 2 is 2.00 bits per heavy atom. The molecule has 1 saturated heterocycles. The SMILES string of the molecule is Cc1noc(C)c1S(=O)(=O)N1CCC[C@@H](Oc2nccnc2N(C)C)C1. The maximum Gasteiger partial charge on any atom is 0.257 e. The van der Waals surface area contributed by atoms with Gasteiger partial charge in [-0.3, -0.25) is 0 Å². The number of nitrogens with zero attached hydrogens (tertiary/aromatic N) is 5. The van der Waals surface area contributed by atoms with E-state index in [9.17, 15) is 8.42 Å². The second-order valence-electron chi connectivity index (χ2n) is 6.48. The molecule has 3 heterocycles. The zero-order valence-corrected chi connectivity index (χ0v) is 16.2. The lowest BCUT2D eigenvalue weighted by Gasteiger charge is -2.32. The van der Waals surface area contributed by atoms with E-state index in [-0.39, 0.29) is 17.5 Å². The van der Waals surface area contributed by atoms with Crippen molar-refractivity contribution in [1.82, 2.24) is 19.4 Å². The van der Waals surface area contributed by atoms with Crippen LogP contribution in [0.5, 0.6) is 5.88 Å². The minimum absolute atomic E-state index is 0.145. The fourth-order valence-corrected chi connectivity index (χ4v) is 4.86. The molecule has 9 nitrogen and oxygen atoms in total. The van der Waals surface area contributed by atoms with Crippen LogP contribution in [0.25, 0.3) is 0 Å². The molecule has 0 spiro atoms. The molecule has 0 saturated carbocycles. The van der Waals surface area contributed by atoms with E-state index in [1.54, 1.807) is 26.2 Å². The van der Waals surface area contributed by atoms with Gasteiger partial charge in [-0.25, -0.2) is 18.4 Å². The molecule has 0 N–H and O–H groups in total. The molecule has 1 aliphatic heterocycles. The first-order chi connectivity index (χ1) is 12.3. The molecule has 0 unspecified atom stereocenters. The van der Waals surface area contributed by atoms with Gasteiger partial charge in [0.15, 0.2) is 11.6 Å². The van der Waals surface area contributed by atoms with Gasteiger partial charge in [-0.1, -0.05) is 5.16 Å². The number of hydrogen-bond donors (Lipinski definition) is 0. The molecule has 0 aliphatic carbocycles. The van der Waals surface area contributed by atoms with Crippen LogP contribution in [0.3, 0.4) is 0 Å². The third-order valence-corrected chi connectivity index (χ3v) is 6.37. The van der Waals surface area contributed by atoms with E-state index in [1.165, 1.54) is 4.31 Å². The van der Waals surface area contributed by atoms with Crippen LogP contribution in [0.2, 0.25) is 0 Å². The van der Waals surface area contributed by atoms with Gasteiger partial charge in [0.05, 0.1) is 6.54 Å². The molecule has 3 rings (SSSR count). The lowest BCUT2D eigenvalue weighted by atomic mass is 10.1. The van der Waals surface area contributed by atoms with Gasteiger partial charge in [0.25, 0.3) is 5.88 Å². The lowest BCUT2D eigenvalue weighted by molar-refractivity contribution is 0.124. The highest BCUT2D eigenvalue weighted by atomic mass is 32.2. The van der Waals surface area contributed by atoms with E-state index in [0.717, 1.165) is 6.42 Å². The van der Waals surface area contributed by atoms with Crippen LogP contribution >= 0.6 is 0 Å².